The maximum Gasteiger partial charge on any atom is 0.407 e. The summed E-state index contributed by atoms with van der Waals surface area (Å²) in [7, 11) is -3.11. The van der Waals surface area contributed by atoms with Crippen LogP contribution < -0.4 is 11.1 Å². The van der Waals surface area contributed by atoms with Gasteiger partial charge in [-0.2, -0.15) is 0 Å². The number of nitrogens with zero attached hydrogens (tertiary/aromatic N) is 1. The van der Waals surface area contributed by atoms with Gasteiger partial charge in [0.2, 0.25) is 7.37 Å². The second-order valence-electron chi connectivity index (χ2n) is 6.21. The highest BCUT2D eigenvalue weighted by Gasteiger charge is 2.14. The molecule has 0 aliphatic heterocycles. The number of ether oxygens (including phenoxy) is 1. The van der Waals surface area contributed by atoms with Crippen molar-refractivity contribution < 1.29 is 19.0 Å². The first kappa shape index (κ1) is 21.4. The van der Waals surface area contributed by atoms with Gasteiger partial charge in [-0.3, -0.25) is 4.57 Å². The van der Waals surface area contributed by atoms with Gasteiger partial charge in [-0.15, -0.1) is 0 Å². The number of benzene rings is 1. The van der Waals surface area contributed by atoms with Gasteiger partial charge in [0.1, 0.15) is 6.61 Å². The van der Waals surface area contributed by atoms with Crippen LogP contribution in [0.5, 0.6) is 0 Å². The van der Waals surface area contributed by atoms with E-state index < -0.39 is 13.5 Å². The lowest BCUT2D eigenvalue weighted by atomic mass is 10.1. The zero-order valence-corrected chi connectivity index (χ0v) is 17.0. The van der Waals surface area contributed by atoms with Gasteiger partial charge in [-0.05, 0) is 35.7 Å². The molecule has 0 radical (unpaired) electrons. The number of carbonyl (C=O) groups is 1. The summed E-state index contributed by atoms with van der Waals surface area (Å²) in [6.07, 6.45) is 1.09. The number of hydrogen-bond donors (Lipinski definition) is 3. The van der Waals surface area contributed by atoms with Gasteiger partial charge in [0, 0.05) is 19.4 Å². The fourth-order valence-corrected chi connectivity index (χ4v) is 4.02. The molecule has 2 rings (SSSR count). The minimum atomic E-state index is -3.11. The highest BCUT2D eigenvalue weighted by molar-refractivity contribution is 8.04. The minimum Gasteiger partial charge on any atom is -0.445 e. The molecule has 7 nitrogen and oxygen atoms in total. The summed E-state index contributed by atoms with van der Waals surface area (Å²) in [5.74, 6) is 0. The second kappa shape index (κ2) is 9.90. The Kier molecular flexibility index (Phi) is 7.86. The van der Waals surface area contributed by atoms with Gasteiger partial charge in [-0.1, -0.05) is 36.0 Å². The van der Waals surface area contributed by atoms with Crippen LogP contribution in [0.2, 0.25) is 0 Å². The summed E-state index contributed by atoms with van der Waals surface area (Å²) in [5.41, 5.74) is 8.38. The smallest absolute Gasteiger partial charge is 0.407 e. The highest BCUT2D eigenvalue weighted by atomic mass is 32.2. The summed E-state index contributed by atoms with van der Waals surface area (Å²) in [5, 5.41) is 3.40. The number of hydrogen-bond acceptors (Lipinski definition) is 6. The fourth-order valence-electron chi connectivity index (χ4n) is 2.18. The van der Waals surface area contributed by atoms with Crippen molar-refractivity contribution in [2.24, 2.45) is 5.73 Å². The van der Waals surface area contributed by atoms with Gasteiger partial charge < -0.3 is 20.7 Å². The summed E-state index contributed by atoms with van der Waals surface area (Å²) in [4.78, 5) is 25.6. The summed E-state index contributed by atoms with van der Waals surface area (Å²) < 4.78 is 16.6. The molecule has 2 aromatic rings. The lowest BCUT2D eigenvalue weighted by Gasteiger charge is -2.15. The van der Waals surface area contributed by atoms with Crippen molar-refractivity contribution in [3.63, 3.8) is 0 Å². The van der Waals surface area contributed by atoms with Crippen molar-refractivity contribution in [3.05, 3.63) is 59.3 Å². The van der Waals surface area contributed by atoms with Crippen LogP contribution in [0.4, 0.5) is 4.79 Å². The third-order valence-corrected chi connectivity index (χ3v) is 6.63. The molecule has 1 amide bonds. The standard InChI is InChI=1S/C18H24N3O4PS/c1-13(16-7-8-20-17(9-16)27-12-26(2,23)24)21-18(22)25-11-15-5-3-14(10-19)4-6-15/h3-9,13H,10-12,19H2,1-2H3,(H,21,22)(H,23,24)/t13-/m1/s1. The Hall–Kier alpha value is -1.86. The first-order valence-electron chi connectivity index (χ1n) is 8.36. The summed E-state index contributed by atoms with van der Waals surface area (Å²) in [6, 6.07) is 10.8. The van der Waals surface area contributed by atoms with Crippen molar-refractivity contribution in [1.29, 1.82) is 0 Å². The van der Waals surface area contributed by atoms with Crippen molar-refractivity contribution in [3.8, 4) is 0 Å². The zero-order valence-electron chi connectivity index (χ0n) is 15.3. The van der Waals surface area contributed by atoms with Gasteiger partial charge in [-0.25, -0.2) is 9.78 Å². The Labute approximate surface area is 163 Å². The average Bonchev–Trinajstić information content (AvgIpc) is 2.65. The number of pyridine rings is 1. The number of carbonyl (C=O) groups excluding carboxylic acids is 1. The predicted octanol–water partition coefficient (Wildman–Crippen LogP) is 3.48. The van der Waals surface area contributed by atoms with E-state index in [-0.39, 0.29) is 18.1 Å². The molecule has 0 aliphatic carbocycles. The van der Waals surface area contributed by atoms with Crippen LogP contribution in [0.3, 0.4) is 0 Å². The Morgan fingerprint density at radius 2 is 2.00 bits per heavy atom. The average molecular weight is 409 g/mol. The Morgan fingerprint density at radius 1 is 1.33 bits per heavy atom. The van der Waals surface area contributed by atoms with E-state index in [0.29, 0.717) is 11.6 Å². The largest absolute Gasteiger partial charge is 0.445 e. The Bertz CT molecular complexity index is 811. The molecule has 0 saturated carbocycles. The van der Waals surface area contributed by atoms with E-state index in [4.69, 9.17) is 10.5 Å². The van der Waals surface area contributed by atoms with E-state index in [2.05, 4.69) is 10.3 Å². The van der Waals surface area contributed by atoms with Crippen LogP contribution in [-0.2, 0) is 22.5 Å². The van der Waals surface area contributed by atoms with Crippen molar-refractivity contribution in [2.75, 3.05) is 12.2 Å². The van der Waals surface area contributed by atoms with Crippen molar-refractivity contribution in [2.45, 2.75) is 31.1 Å². The molecule has 0 fully saturated rings. The monoisotopic (exact) mass is 409 g/mol. The molecule has 0 bridgehead atoms. The maximum absolute atomic E-state index is 12.0. The zero-order chi connectivity index (χ0) is 19.9. The number of nitrogens with two attached hydrogens (primary N) is 1. The van der Waals surface area contributed by atoms with E-state index in [1.165, 1.54) is 18.4 Å². The highest BCUT2D eigenvalue weighted by Crippen LogP contribution is 2.41. The fraction of sp³-hybridized carbons (Fsp3) is 0.333. The first-order valence-corrected chi connectivity index (χ1v) is 11.6. The molecular formula is C18H24N3O4PS. The molecule has 27 heavy (non-hydrogen) atoms. The third-order valence-electron chi connectivity index (χ3n) is 3.67. The number of alkyl carbamates (subject to hydrolysis) is 1. The van der Waals surface area contributed by atoms with Crippen molar-refractivity contribution in [1.82, 2.24) is 10.3 Å². The summed E-state index contributed by atoms with van der Waals surface area (Å²) in [6.45, 7) is 3.79. The van der Waals surface area contributed by atoms with E-state index in [9.17, 15) is 14.3 Å². The lowest BCUT2D eigenvalue weighted by molar-refractivity contribution is 0.136. The molecule has 1 aromatic heterocycles. The molecule has 9 heteroatoms. The second-order valence-corrected chi connectivity index (χ2v) is 10.1. The van der Waals surface area contributed by atoms with Gasteiger partial charge in [0.05, 0.1) is 16.6 Å². The van der Waals surface area contributed by atoms with E-state index in [1.807, 2.05) is 31.2 Å². The molecule has 4 N–H and O–H groups in total. The van der Waals surface area contributed by atoms with Crippen LogP contribution in [0.25, 0.3) is 0 Å². The van der Waals surface area contributed by atoms with Gasteiger partial charge in [0.15, 0.2) is 0 Å². The Morgan fingerprint density at radius 3 is 2.63 bits per heavy atom. The molecule has 0 saturated heterocycles. The first-order chi connectivity index (χ1) is 12.8. The van der Waals surface area contributed by atoms with Crippen LogP contribution in [0, 0.1) is 0 Å². The molecule has 0 spiro atoms. The van der Waals surface area contributed by atoms with Gasteiger partial charge >= 0.3 is 6.09 Å². The number of rotatable bonds is 8. The summed E-state index contributed by atoms with van der Waals surface area (Å²) >= 11 is 1.21. The minimum absolute atomic E-state index is 0.0935. The van der Waals surface area contributed by atoms with E-state index in [1.54, 1.807) is 18.3 Å². The Balaban J connectivity index is 1.87. The molecule has 0 aliphatic rings. The number of amides is 1. The molecular weight excluding hydrogens is 385 g/mol. The number of thioether (sulfide) groups is 1. The normalized spacial score (nSPS) is 14.2. The SMILES string of the molecule is C[C@@H](NC(=O)OCc1ccc(CN)cc1)c1ccnc(SCP(C)(=O)O)c1. The molecule has 1 heterocycles. The third kappa shape index (κ3) is 7.72. The molecule has 1 aromatic carbocycles. The lowest BCUT2D eigenvalue weighted by Crippen LogP contribution is -2.27. The molecule has 2 atom stereocenters. The van der Waals surface area contributed by atoms with E-state index >= 15 is 0 Å². The molecule has 146 valence electrons. The number of aromatic nitrogens is 1. The van der Waals surface area contributed by atoms with Crippen LogP contribution in [0.15, 0.2) is 47.6 Å². The van der Waals surface area contributed by atoms with Gasteiger partial charge in [0.25, 0.3) is 0 Å². The van der Waals surface area contributed by atoms with Crippen LogP contribution in [0.1, 0.15) is 29.7 Å². The quantitative estimate of drug-likeness (QED) is 0.452. The number of nitrogens with one attached hydrogen (secondary N) is 1. The van der Waals surface area contributed by atoms with Crippen LogP contribution in [-0.4, -0.2) is 28.1 Å². The topological polar surface area (TPSA) is 115 Å². The molecule has 1 unspecified atom stereocenters. The van der Waals surface area contributed by atoms with E-state index in [0.717, 1.165) is 16.7 Å². The predicted molar refractivity (Wildman–Crippen MR) is 107 cm³/mol. The van der Waals surface area contributed by atoms with Crippen LogP contribution >= 0.6 is 19.1 Å². The van der Waals surface area contributed by atoms with Crippen molar-refractivity contribution >= 4 is 25.2 Å². The maximum atomic E-state index is 12.0.